The van der Waals surface area contributed by atoms with Crippen LogP contribution in [0, 0.1) is 6.92 Å². The van der Waals surface area contributed by atoms with Crippen molar-refractivity contribution in [3.05, 3.63) is 95.0 Å². The summed E-state index contributed by atoms with van der Waals surface area (Å²) in [5.74, 6) is 1.85. The lowest BCUT2D eigenvalue weighted by molar-refractivity contribution is 0.171. The topological polar surface area (TPSA) is 37.4 Å². The molecule has 4 aromatic rings. The second kappa shape index (κ2) is 9.72. The van der Waals surface area contributed by atoms with E-state index in [2.05, 4.69) is 59.6 Å². The molecule has 0 amide bonds. The number of aromatic nitrogens is 1. The van der Waals surface area contributed by atoms with E-state index >= 15 is 0 Å². The maximum atomic E-state index is 6.27. The Morgan fingerprint density at radius 1 is 0.970 bits per heavy atom. The molecule has 0 saturated carbocycles. The number of benzene rings is 3. The molecule has 1 N–H and O–H groups in total. The van der Waals surface area contributed by atoms with E-state index in [1.165, 1.54) is 22.2 Å². The predicted octanol–water partition coefficient (Wildman–Crippen LogP) is 6.86. The highest BCUT2D eigenvalue weighted by atomic mass is 35.5. The van der Waals surface area contributed by atoms with E-state index in [9.17, 15) is 0 Å². The fourth-order valence-corrected chi connectivity index (χ4v) is 4.53. The van der Waals surface area contributed by atoms with Crippen molar-refractivity contribution in [2.75, 3.05) is 23.3 Å². The molecule has 5 rings (SSSR count). The Morgan fingerprint density at radius 2 is 1.76 bits per heavy atom. The molecule has 2 heterocycles. The van der Waals surface area contributed by atoms with Crippen LogP contribution in [-0.4, -0.2) is 24.2 Å². The van der Waals surface area contributed by atoms with E-state index in [1.54, 1.807) is 0 Å². The standard InChI is InChI=1S/C28H28ClN3O/c1-20-5-4-6-24(17-20)33-23-13-15-32(16-14-23)27-18-28(31-26-8-3-2-7-25(26)27)30-19-21-9-11-22(29)12-10-21/h2-12,17-18,23H,13-16,19H2,1H3,(H,30,31). The van der Waals surface area contributed by atoms with Gasteiger partial charge in [0, 0.05) is 54.6 Å². The van der Waals surface area contributed by atoms with Gasteiger partial charge < -0.3 is 15.0 Å². The lowest BCUT2D eigenvalue weighted by Crippen LogP contribution is -2.38. The van der Waals surface area contributed by atoms with Crippen LogP contribution in [0.5, 0.6) is 5.75 Å². The van der Waals surface area contributed by atoms with Crippen LogP contribution in [0.1, 0.15) is 24.0 Å². The van der Waals surface area contributed by atoms with Gasteiger partial charge in [-0.15, -0.1) is 0 Å². The Hall–Kier alpha value is -3.24. The predicted molar refractivity (Wildman–Crippen MR) is 138 cm³/mol. The molecule has 1 aromatic heterocycles. The molecule has 168 valence electrons. The van der Waals surface area contributed by atoms with Crippen LogP contribution >= 0.6 is 11.6 Å². The number of fused-ring (bicyclic) bond motifs is 1. The maximum Gasteiger partial charge on any atom is 0.129 e. The van der Waals surface area contributed by atoms with Gasteiger partial charge in [0.05, 0.1) is 5.52 Å². The number of nitrogens with zero attached hydrogens (tertiary/aromatic N) is 2. The molecular weight excluding hydrogens is 430 g/mol. The van der Waals surface area contributed by atoms with Gasteiger partial charge in [0.1, 0.15) is 17.7 Å². The number of nitrogens with one attached hydrogen (secondary N) is 1. The van der Waals surface area contributed by atoms with Crippen LogP contribution in [0.25, 0.3) is 10.9 Å². The van der Waals surface area contributed by atoms with E-state index in [1.807, 2.05) is 36.4 Å². The zero-order chi connectivity index (χ0) is 22.6. The van der Waals surface area contributed by atoms with E-state index in [4.69, 9.17) is 21.3 Å². The molecule has 0 bridgehead atoms. The summed E-state index contributed by atoms with van der Waals surface area (Å²) in [5, 5.41) is 5.43. The highest BCUT2D eigenvalue weighted by Crippen LogP contribution is 2.32. The Balaban J connectivity index is 1.31. The molecule has 1 fully saturated rings. The highest BCUT2D eigenvalue weighted by Gasteiger charge is 2.22. The summed E-state index contributed by atoms with van der Waals surface area (Å²) in [4.78, 5) is 7.32. The molecule has 33 heavy (non-hydrogen) atoms. The molecule has 1 saturated heterocycles. The fraction of sp³-hybridized carbons (Fsp3) is 0.250. The van der Waals surface area contributed by atoms with Gasteiger partial charge >= 0.3 is 0 Å². The molecule has 0 spiro atoms. The summed E-state index contributed by atoms with van der Waals surface area (Å²) in [7, 11) is 0. The van der Waals surface area contributed by atoms with Gasteiger partial charge in [0.15, 0.2) is 0 Å². The van der Waals surface area contributed by atoms with Crippen molar-refractivity contribution in [1.29, 1.82) is 0 Å². The first-order valence-corrected chi connectivity index (χ1v) is 11.9. The van der Waals surface area contributed by atoms with Crippen molar-refractivity contribution in [1.82, 2.24) is 4.98 Å². The molecule has 0 radical (unpaired) electrons. The molecule has 0 atom stereocenters. The van der Waals surface area contributed by atoms with Crippen LogP contribution < -0.4 is 15.0 Å². The Morgan fingerprint density at radius 3 is 2.55 bits per heavy atom. The van der Waals surface area contributed by atoms with Crippen LogP contribution in [-0.2, 0) is 6.54 Å². The minimum absolute atomic E-state index is 0.249. The maximum absolute atomic E-state index is 6.27. The van der Waals surface area contributed by atoms with Gasteiger partial charge in [-0.25, -0.2) is 4.98 Å². The molecule has 4 nitrogen and oxygen atoms in total. The van der Waals surface area contributed by atoms with E-state index in [0.717, 1.165) is 48.0 Å². The number of pyridine rings is 1. The largest absolute Gasteiger partial charge is 0.490 e. The Labute approximate surface area is 200 Å². The van der Waals surface area contributed by atoms with Crippen molar-refractivity contribution in [2.24, 2.45) is 0 Å². The number of hydrogen-bond acceptors (Lipinski definition) is 4. The van der Waals surface area contributed by atoms with Crippen LogP contribution in [0.4, 0.5) is 11.5 Å². The number of para-hydroxylation sites is 1. The van der Waals surface area contributed by atoms with E-state index < -0.39 is 0 Å². The first-order chi connectivity index (χ1) is 16.1. The number of rotatable bonds is 6. The van der Waals surface area contributed by atoms with Gasteiger partial charge in [-0.05, 0) is 48.4 Å². The molecule has 1 aliphatic heterocycles. The second-order valence-corrected chi connectivity index (χ2v) is 9.08. The van der Waals surface area contributed by atoms with Crippen LogP contribution in [0.3, 0.4) is 0 Å². The average molecular weight is 458 g/mol. The first-order valence-electron chi connectivity index (χ1n) is 11.5. The highest BCUT2D eigenvalue weighted by molar-refractivity contribution is 6.30. The normalized spacial score (nSPS) is 14.4. The third kappa shape index (κ3) is 5.23. The summed E-state index contributed by atoms with van der Waals surface area (Å²) >= 11 is 6.02. The van der Waals surface area contributed by atoms with Crippen molar-refractivity contribution in [3.8, 4) is 5.75 Å². The first kappa shape index (κ1) is 21.6. The quantitative estimate of drug-likeness (QED) is 0.343. The number of halogens is 1. The molecule has 0 aliphatic carbocycles. The summed E-state index contributed by atoms with van der Waals surface area (Å²) in [6.07, 6.45) is 2.25. The Kier molecular flexibility index (Phi) is 6.36. The van der Waals surface area contributed by atoms with Gasteiger partial charge in [0.2, 0.25) is 0 Å². The van der Waals surface area contributed by atoms with Crippen molar-refractivity contribution >= 4 is 34.0 Å². The van der Waals surface area contributed by atoms with Gasteiger partial charge in [-0.3, -0.25) is 0 Å². The third-order valence-corrected chi connectivity index (χ3v) is 6.41. The van der Waals surface area contributed by atoms with Crippen LogP contribution in [0.2, 0.25) is 5.02 Å². The number of piperidine rings is 1. The number of anilines is 2. The SMILES string of the molecule is Cc1cccc(OC2CCN(c3cc(NCc4ccc(Cl)cc4)nc4ccccc34)CC2)c1. The molecule has 1 aliphatic rings. The van der Waals surface area contributed by atoms with Gasteiger partial charge in [-0.1, -0.05) is 54.1 Å². The van der Waals surface area contributed by atoms with Crippen LogP contribution in [0.15, 0.2) is 78.9 Å². The van der Waals surface area contributed by atoms with E-state index in [-0.39, 0.29) is 6.10 Å². The zero-order valence-corrected chi connectivity index (χ0v) is 19.6. The minimum Gasteiger partial charge on any atom is -0.490 e. The lowest BCUT2D eigenvalue weighted by atomic mass is 10.0. The van der Waals surface area contributed by atoms with Crippen molar-refractivity contribution in [3.63, 3.8) is 0 Å². The summed E-state index contributed by atoms with van der Waals surface area (Å²) in [5.41, 5.74) is 4.64. The second-order valence-electron chi connectivity index (χ2n) is 8.64. The third-order valence-electron chi connectivity index (χ3n) is 6.16. The van der Waals surface area contributed by atoms with Gasteiger partial charge in [-0.2, -0.15) is 0 Å². The lowest BCUT2D eigenvalue weighted by Gasteiger charge is -2.34. The summed E-state index contributed by atoms with van der Waals surface area (Å²) in [6, 6.07) is 26.8. The average Bonchev–Trinajstić information content (AvgIpc) is 2.84. The molecule has 0 unspecified atom stereocenters. The van der Waals surface area contributed by atoms with Crippen molar-refractivity contribution < 1.29 is 4.74 Å². The number of aryl methyl sites for hydroxylation is 1. The van der Waals surface area contributed by atoms with Crippen molar-refractivity contribution in [2.45, 2.75) is 32.4 Å². The number of ether oxygens (including phenoxy) is 1. The zero-order valence-electron chi connectivity index (χ0n) is 18.8. The Bertz CT molecular complexity index is 1230. The molecule has 5 heteroatoms. The van der Waals surface area contributed by atoms with Gasteiger partial charge in [0.25, 0.3) is 0 Å². The summed E-state index contributed by atoms with van der Waals surface area (Å²) in [6.45, 7) is 4.72. The smallest absolute Gasteiger partial charge is 0.129 e. The minimum atomic E-state index is 0.249. The molecule has 3 aromatic carbocycles. The molecular formula is C28H28ClN3O. The monoisotopic (exact) mass is 457 g/mol. The number of hydrogen-bond donors (Lipinski definition) is 1. The summed E-state index contributed by atoms with van der Waals surface area (Å²) < 4.78 is 6.27. The fourth-order valence-electron chi connectivity index (χ4n) is 4.40. The van der Waals surface area contributed by atoms with E-state index in [0.29, 0.717) is 6.54 Å².